The molecular weight excluding hydrogens is 320 g/mol. The van der Waals surface area contributed by atoms with Crippen LogP contribution in [-0.2, 0) is 13.0 Å². The Morgan fingerprint density at radius 1 is 1.30 bits per heavy atom. The van der Waals surface area contributed by atoms with Crippen LogP contribution in [0.15, 0.2) is 28.7 Å². The SMILES string of the molecule is CCCc1ccc(-c2c(Br)c(C(=O)O)nn2CC)cc1. The van der Waals surface area contributed by atoms with E-state index in [1.165, 1.54) is 5.56 Å². The number of carbonyl (C=O) groups is 1. The molecule has 0 saturated heterocycles. The van der Waals surface area contributed by atoms with Gasteiger partial charge in [0.2, 0.25) is 0 Å². The maximum atomic E-state index is 11.2. The van der Waals surface area contributed by atoms with Gasteiger partial charge < -0.3 is 5.11 Å². The van der Waals surface area contributed by atoms with Crippen molar-refractivity contribution in [1.82, 2.24) is 9.78 Å². The smallest absolute Gasteiger partial charge is 0.357 e. The summed E-state index contributed by atoms with van der Waals surface area (Å²) in [5.41, 5.74) is 3.12. The van der Waals surface area contributed by atoms with Gasteiger partial charge in [-0.05, 0) is 34.8 Å². The fourth-order valence-corrected chi connectivity index (χ4v) is 2.88. The highest BCUT2D eigenvalue weighted by atomic mass is 79.9. The standard InChI is InChI=1S/C15H17BrN2O2/c1-3-5-10-6-8-11(9-7-10)14-12(16)13(15(19)20)17-18(14)4-2/h6-9H,3-5H2,1-2H3,(H,19,20). The van der Waals surface area contributed by atoms with E-state index in [1.54, 1.807) is 4.68 Å². The highest BCUT2D eigenvalue weighted by Crippen LogP contribution is 2.31. The van der Waals surface area contributed by atoms with Crippen LogP contribution in [0.4, 0.5) is 0 Å². The number of hydrogen-bond acceptors (Lipinski definition) is 2. The lowest BCUT2D eigenvalue weighted by molar-refractivity contribution is 0.0688. The molecule has 0 atom stereocenters. The van der Waals surface area contributed by atoms with Gasteiger partial charge in [0.15, 0.2) is 5.69 Å². The molecule has 1 aromatic heterocycles. The monoisotopic (exact) mass is 336 g/mol. The van der Waals surface area contributed by atoms with Gasteiger partial charge in [0.1, 0.15) is 0 Å². The third-order valence-corrected chi connectivity index (χ3v) is 3.91. The number of aryl methyl sites for hydroxylation is 2. The number of carboxylic acids is 1. The van der Waals surface area contributed by atoms with Gasteiger partial charge in [-0.25, -0.2) is 4.79 Å². The molecular formula is C15H17BrN2O2. The van der Waals surface area contributed by atoms with Gasteiger partial charge in [-0.3, -0.25) is 4.68 Å². The average Bonchev–Trinajstić information content (AvgIpc) is 2.77. The van der Waals surface area contributed by atoms with Crippen molar-refractivity contribution >= 4 is 21.9 Å². The summed E-state index contributed by atoms with van der Waals surface area (Å²) in [6.45, 7) is 4.72. The first-order valence-electron chi connectivity index (χ1n) is 6.67. The van der Waals surface area contributed by atoms with Crippen LogP contribution in [0.5, 0.6) is 0 Å². The molecule has 0 spiro atoms. The van der Waals surface area contributed by atoms with Crippen LogP contribution < -0.4 is 0 Å². The normalized spacial score (nSPS) is 10.8. The molecule has 0 radical (unpaired) electrons. The van der Waals surface area contributed by atoms with Crippen LogP contribution in [-0.4, -0.2) is 20.9 Å². The predicted octanol–water partition coefficient (Wildman–Crippen LogP) is 3.98. The van der Waals surface area contributed by atoms with Gasteiger partial charge in [-0.2, -0.15) is 5.10 Å². The van der Waals surface area contributed by atoms with Crippen LogP contribution in [0.3, 0.4) is 0 Å². The summed E-state index contributed by atoms with van der Waals surface area (Å²) in [7, 11) is 0. The molecule has 0 amide bonds. The molecule has 2 rings (SSSR count). The minimum Gasteiger partial charge on any atom is -0.476 e. The molecule has 4 nitrogen and oxygen atoms in total. The number of carboxylic acid groups (broad SMARTS) is 1. The molecule has 0 fully saturated rings. The molecule has 0 saturated carbocycles. The van der Waals surface area contributed by atoms with Crippen molar-refractivity contribution in [3.63, 3.8) is 0 Å². The zero-order valence-electron chi connectivity index (χ0n) is 11.6. The summed E-state index contributed by atoms with van der Waals surface area (Å²) < 4.78 is 2.25. The molecule has 0 unspecified atom stereocenters. The Labute approximate surface area is 126 Å². The van der Waals surface area contributed by atoms with E-state index in [0.717, 1.165) is 24.1 Å². The second kappa shape index (κ2) is 6.22. The van der Waals surface area contributed by atoms with Gasteiger partial charge in [-0.1, -0.05) is 37.6 Å². The van der Waals surface area contributed by atoms with Crippen LogP contribution >= 0.6 is 15.9 Å². The number of nitrogens with zero attached hydrogens (tertiary/aromatic N) is 2. The van der Waals surface area contributed by atoms with E-state index in [0.29, 0.717) is 11.0 Å². The number of aromatic nitrogens is 2. The third-order valence-electron chi connectivity index (χ3n) is 3.16. The van der Waals surface area contributed by atoms with Gasteiger partial charge in [0.25, 0.3) is 0 Å². The summed E-state index contributed by atoms with van der Waals surface area (Å²) in [6, 6.07) is 8.20. The Hall–Kier alpha value is -1.62. The zero-order chi connectivity index (χ0) is 14.7. The van der Waals surface area contributed by atoms with Crippen molar-refractivity contribution < 1.29 is 9.90 Å². The number of halogens is 1. The van der Waals surface area contributed by atoms with Gasteiger partial charge >= 0.3 is 5.97 Å². The minimum atomic E-state index is -1.02. The molecule has 0 aliphatic rings. The lowest BCUT2D eigenvalue weighted by atomic mass is 10.1. The van der Waals surface area contributed by atoms with Gasteiger partial charge in [-0.15, -0.1) is 0 Å². The molecule has 1 N–H and O–H groups in total. The van der Waals surface area contributed by atoms with E-state index in [9.17, 15) is 4.79 Å². The van der Waals surface area contributed by atoms with Crippen molar-refractivity contribution in [3.05, 3.63) is 40.0 Å². The topological polar surface area (TPSA) is 55.1 Å². The van der Waals surface area contributed by atoms with Crippen molar-refractivity contribution in [2.75, 3.05) is 0 Å². The summed E-state index contributed by atoms with van der Waals surface area (Å²) in [5, 5.41) is 13.3. The minimum absolute atomic E-state index is 0.0551. The Kier molecular flexibility index (Phi) is 4.60. The zero-order valence-corrected chi connectivity index (χ0v) is 13.1. The number of benzene rings is 1. The molecule has 0 bridgehead atoms. The third kappa shape index (κ3) is 2.77. The highest BCUT2D eigenvalue weighted by molar-refractivity contribution is 9.10. The maximum Gasteiger partial charge on any atom is 0.357 e. The first kappa shape index (κ1) is 14.8. The molecule has 5 heteroatoms. The van der Waals surface area contributed by atoms with E-state index in [2.05, 4.69) is 40.1 Å². The van der Waals surface area contributed by atoms with E-state index >= 15 is 0 Å². The summed E-state index contributed by atoms with van der Waals surface area (Å²) in [5.74, 6) is -1.02. The second-order valence-electron chi connectivity index (χ2n) is 4.58. The van der Waals surface area contributed by atoms with Crippen LogP contribution in [0.25, 0.3) is 11.3 Å². The molecule has 1 aromatic carbocycles. The highest BCUT2D eigenvalue weighted by Gasteiger charge is 2.21. The average molecular weight is 337 g/mol. The number of aromatic carboxylic acids is 1. The van der Waals surface area contributed by atoms with Crippen molar-refractivity contribution in [1.29, 1.82) is 0 Å². The molecule has 0 aliphatic heterocycles. The predicted molar refractivity (Wildman–Crippen MR) is 82.0 cm³/mol. The Morgan fingerprint density at radius 2 is 1.95 bits per heavy atom. The molecule has 1 heterocycles. The van der Waals surface area contributed by atoms with E-state index in [4.69, 9.17) is 5.11 Å². The molecule has 2 aromatic rings. The first-order valence-corrected chi connectivity index (χ1v) is 7.46. The van der Waals surface area contributed by atoms with Crippen LogP contribution in [0.2, 0.25) is 0 Å². The molecule has 0 aliphatic carbocycles. The maximum absolute atomic E-state index is 11.2. The van der Waals surface area contributed by atoms with E-state index in [-0.39, 0.29) is 5.69 Å². The Morgan fingerprint density at radius 3 is 2.45 bits per heavy atom. The largest absolute Gasteiger partial charge is 0.476 e. The number of hydrogen-bond donors (Lipinski definition) is 1. The lowest BCUT2D eigenvalue weighted by Crippen LogP contribution is -2.02. The van der Waals surface area contributed by atoms with E-state index in [1.807, 2.05) is 19.1 Å². The molecule has 106 valence electrons. The van der Waals surface area contributed by atoms with Crippen molar-refractivity contribution in [3.8, 4) is 11.3 Å². The van der Waals surface area contributed by atoms with Gasteiger partial charge in [0.05, 0.1) is 10.2 Å². The fraction of sp³-hybridized carbons (Fsp3) is 0.333. The summed E-state index contributed by atoms with van der Waals surface area (Å²) in [6.07, 6.45) is 2.16. The van der Waals surface area contributed by atoms with Crippen LogP contribution in [0, 0.1) is 0 Å². The Bertz CT molecular complexity index is 618. The summed E-state index contributed by atoms with van der Waals surface area (Å²) >= 11 is 3.37. The first-order chi connectivity index (χ1) is 9.58. The fourth-order valence-electron chi connectivity index (χ4n) is 2.20. The quantitative estimate of drug-likeness (QED) is 0.898. The van der Waals surface area contributed by atoms with Crippen molar-refractivity contribution in [2.24, 2.45) is 0 Å². The van der Waals surface area contributed by atoms with Crippen LogP contribution in [0.1, 0.15) is 36.3 Å². The lowest BCUT2D eigenvalue weighted by Gasteiger charge is -2.06. The van der Waals surface area contributed by atoms with Crippen molar-refractivity contribution in [2.45, 2.75) is 33.2 Å². The second-order valence-corrected chi connectivity index (χ2v) is 5.37. The van der Waals surface area contributed by atoms with E-state index < -0.39 is 5.97 Å². The molecule has 20 heavy (non-hydrogen) atoms. The number of rotatable bonds is 5. The Balaban J connectivity index is 2.48. The summed E-state index contributed by atoms with van der Waals surface area (Å²) in [4.78, 5) is 11.2. The van der Waals surface area contributed by atoms with Gasteiger partial charge in [0, 0.05) is 12.1 Å².